The molecule has 0 spiro atoms. The van der Waals surface area contributed by atoms with Crippen LogP contribution in [0.4, 0.5) is 0 Å². The second kappa shape index (κ2) is 2.21. The standard InChI is InChI=1S/C6H8N2O2/c7-4(3-1-2-3)5(8)6(9)10/h3,7-8H,1-2H2,(H,9,10). The summed E-state index contributed by atoms with van der Waals surface area (Å²) in [4.78, 5) is 10.1. The Labute approximate surface area is 57.9 Å². The van der Waals surface area contributed by atoms with Crippen LogP contribution in [0.2, 0.25) is 0 Å². The summed E-state index contributed by atoms with van der Waals surface area (Å²) < 4.78 is 0. The topological polar surface area (TPSA) is 85.0 Å². The van der Waals surface area contributed by atoms with E-state index in [1.165, 1.54) is 0 Å². The van der Waals surface area contributed by atoms with Crippen LogP contribution in [-0.2, 0) is 4.79 Å². The molecule has 0 atom stereocenters. The molecule has 0 bridgehead atoms. The van der Waals surface area contributed by atoms with Crippen LogP contribution in [0.1, 0.15) is 12.8 Å². The van der Waals surface area contributed by atoms with E-state index >= 15 is 0 Å². The van der Waals surface area contributed by atoms with Gasteiger partial charge in [-0.15, -0.1) is 0 Å². The molecule has 4 nitrogen and oxygen atoms in total. The normalized spacial score (nSPS) is 16.4. The maximum Gasteiger partial charge on any atom is 0.355 e. The predicted octanol–water partition coefficient (Wildman–Crippen LogP) is 0.521. The molecule has 3 N–H and O–H groups in total. The zero-order valence-electron chi connectivity index (χ0n) is 5.35. The molecule has 0 unspecified atom stereocenters. The minimum atomic E-state index is -1.29. The summed E-state index contributed by atoms with van der Waals surface area (Å²) in [5, 5.41) is 22.3. The van der Waals surface area contributed by atoms with Crippen molar-refractivity contribution in [2.24, 2.45) is 5.92 Å². The van der Waals surface area contributed by atoms with Gasteiger partial charge in [0.05, 0.1) is 5.71 Å². The number of hydrogen-bond donors (Lipinski definition) is 3. The van der Waals surface area contributed by atoms with Crippen LogP contribution in [0.15, 0.2) is 0 Å². The monoisotopic (exact) mass is 140 g/mol. The van der Waals surface area contributed by atoms with E-state index in [0.717, 1.165) is 12.8 Å². The Bertz CT molecular complexity index is 206. The maximum atomic E-state index is 10.1. The lowest BCUT2D eigenvalue weighted by atomic mass is 10.1. The summed E-state index contributed by atoms with van der Waals surface area (Å²) in [5.74, 6) is -1.24. The van der Waals surface area contributed by atoms with Gasteiger partial charge in [-0.2, -0.15) is 0 Å². The summed E-state index contributed by atoms with van der Waals surface area (Å²) in [5.41, 5.74) is -0.574. The Hall–Kier alpha value is -1.19. The summed E-state index contributed by atoms with van der Waals surface area (Å²) >= 11 is 0. The largest absolute Gasteiger partial charge is 0.476 e. The third kappa shape index (κ3) is 1.21. The van der Waals surface area contributed by atoms with Crippen molar-refractivity contribution in [3.63, 3.8) is 0 Å². The van der Waals surface area contributed by atoms with Gasteiger partial charge in [0.15, 0.2) is 5.71 Å². The van der Waals surface area contributed by atoms with Crippen molar-refractivity contribution >= 4 is 17.4 Å². The molecular formula is C6H8N2O2. The molecule has 0 aromatic heterocycles. The highest BCUT2D eigenvalue weighted by Crippen LogP contribution is 2.30. The highest BCUT2D eigenvalue weighted by atomic mass is 16.4. The van der Waals surface area contributed by atoms with Crippen molar-refractivity contribution in [1.29, 1.82) is 10.8 Å². The fourth-order valence-corrected chi connectivity index (χ4v) is 0.691. The molecule has 1 aliphatic carbocycles. The molecule has 0 radical (unpaired) electrons. The smallest absolute Gasteiger partial charge is 0.355 e. The van der Waals surface area contributed by atoms with Gasteiger partial charge < -0.3 is 10.5 Å². The zero-order valence-corrected chi connectivity index (χ0v) is 5.35. The van der Waals surface area contributed by atoms with Crippen molar-refractivity contribution in [1.82, 2.24) is 0 Å². The summed E-state index contributed by atoms with van der Waals surface area (Å²) in [6.45, 7) is 0. The van der Waals surface area contributed by atoms with Crippen LogP contribution in [0, 0.1) is 16.7 Å². The number of carboxylic acids is 1. The first kappa shape index (κ1) is 6.92. The van der Waals surface area contributed by atoms with Crippen LogP contribution in [-0.4, -0.2) is 22.5 Å². The Morgan fingerprint density at radius 1 is 1.40 bits per heavy atom. The first-order chi connectivity index (χ1) is 4.63. The minimum absolute atomic E-state index is 0.0208. The van der Waals surface area contributed by atoms with Crippen LogP contribution < -0.4 is 0 Å². The van der Waals surface area contributed by atoms with E-state index in [1.54, 1.807) is 0 Å². The summed E-state index contributed by atoms with van der Waals surface area (Å²) in [6.07, 6.45) is 1.74. The quantitative estimate of drug-likeness (QED) is 0.499. The number of aliphatic carboxylic acids is 1. The highest BCUT2D eigenvalue weighted by molar-refractivity contribution is 6.64. The number of rotatable bonds is 3. The van der Waals surface area contributed by atoms with Crippen molar-refractivity contribution in [2.45, 2.75) is 12.8 Å². The fraction of sp³-hybridized carbons (Fsp3) is 0.500. The number of hydrogen-bond acceptors (Lipinski definition) is 3. The van der Waals surface area contributed by atoms with E-state index in [0.29, 0.717) is 0 Å². The maximum absolute atomic E-state index is 10.1. The van der Waals surface area contributed by atoms with Gasteiger partial charge in [-0.1, -0.05) is 0 Å². The molecule has 1 aliphatic rings. The van der Waals surface area contributed by atoms with Gasteiger partial charge in [0, 0.05) is 5.92 Å². The SMILES string of the molecule is N=C(C(=N)C1CC1)C(=O)O. The van der Waals surface area contributed by atoms with Crippen LogP contribution in [0.3, 0.4) is 0 Å². The Kier molecular flexibility index (Phi) is 1.53. The molecule has 1 saturated carbocycles. The molecule has 0 aliphatic heterocycles. The van der Waals surface area contributed by atoms with Crippen molar-refractivity contribution in [3.05, 3.63) is 0 Å². The molecule has 0 saturated heterocycles. The van der Waals surface area contributed by atoms with Gasteiger partial charge in [0.1, 0.15) is 0 Å². The van der Waals surface area contributed by atoms with E-state index < -0.39 is 11.7 Å². The minimum Gasteiger partial charge on any atom is -0.476 e. The van der Waals surface area contributed by atoms with E-state index in [4.69, 9.17) is 15.9 Å². The average molecular weight is 140 g/mol. The van der Waals surface area contributed by atoms with Gasteiger partial charge in [-0.3, -0.25) is 5.41 Å². The molecule has 10 heavy (non-hydrogen) atoms. The Balaban J connectivity index is 2.55. The lowest BCUT2D eigenvalue weighted by Crippen LogP contribution is -2.23. The molecule has 0 aromatic rings. The van der Waals surface area contributed by atoms with Gasteiger partial charge in [0.2, 0.25) is 0 Å². The number of carboxylic acid groups (broad SMARTS) is 1. The predicted molar refractivity (Wildman–Crippen MR) is 35.8 cm³/mol. The van der Waals surface area contributed by atoms with Crippen molar-refractivity contribution in [2.75, 3.05) is 0 Å². The van der Waals surface area contributed by atoms with E-state index in [2.05, 4.69) is 0 Å². The zero-order chi connectivity index (χ0) is 7.72. The third-order valence-corrected chi connectivity index (χ3v) is 1.47. The third-order valence-electron chi connectivity index (χ3n) is 1.47. The average Bonchev–Trinajstić information content (AvgIpc) is 2.65. The number of carbonyl (C=O) groups is 1. The van der Waals surface area contributed by atoms with E-state index in [1.807, 2.05) is 0 Å². The molecule has 4 heteroatoms. The lowest BCUT2D eigenvalue weighted by molar-refractivity contribution is -0.129. The Morgan fingerprint density at radius 2 is 1.90 bits per heavy atom. The number of nitrogens with one attached hydrogen (secondary N) is 2. The van der Waals surface area contributed by atoms with Crippen LogP contribution >= 0.6 is 0 Å². The van der Waals surface area contributed by atoms with Gasteiger partial charge >= 0.3 is 5.97 Å². The van der Waals surface area contributed by atoms with E-state index in [-0.39, 0.29) is 11.6 Å². The Morgan fingerprint density at radius 3 is 2.20 bits per heavy atom. The fourth-order valence-electron chi connectivity index (χ4n) is 0.691. The first-order valence-electron chi connectivity index (χ1n) is 3.03. The molecule has 0 amide bonds. The summed E-state index contributed by atoms with van der Waals surface area (Å²) in [7, 11) is 0. The van der Waals surface area contributed by atoms with Crippen molar-refractivity contribution in [3.8, 4) is 0 Å². The van der Waals surface area contributed by atoms with Crippen molar-refractivity contribution < 1.29 is 9.90 Å². The molecule has 1 fully saturated rings. The molecular weight excluding hydrogens is 132 g/mol. The molecule has 1 rings (SSSR count). The van der Waals surface area contributed by atoms with Gasteiger partial charge in [-0.05, 0) is 12.8 Å². The highest BCUT2D eigenvalue weighted by Gasteiger charge is 2.31. The second-order valence-corrected chi connectivity index (χ2v) is 2.37. The summed E-state index contributed by atoms with van der Waals surface area (Å²) in [6, 6.07) is 0. The van der Waals surface area contributed by atoms with Gasteiger partial charge in [-0.25, -0.2) is 4.79 Å². The van der Waals surface area contributed by atoms with Crippen LogP contribution in [0.25, 0.3) is 0 Å². The molecule has 54 valence electrons. The lowest BCUT2D eigenvalue weighted by Gasteiger charge is -1.95. The second-order valence-electron chi connectivity index (χ2n) is 2.37. The molecule has 0 aromatic carbocycles. The van der Waals surface area contributed by atoms with Crippen LogP contribution in [0.5, 0.6) is 0 Å². The first-order valence-corrected chi connectivity index (χ1v) is 3.03. The van der Waals surface area contributed by atoms with E-state index in [9.17, 15) is 4.79 Å². The molecule has 0 heterocycles. The van der Waals surface area contributed by atoms with Gasteiger partial charge in [0.25, 0.3) is 0 Å².